The fourth-order valence-corrected chi connectivity index (χ4v) is 1.88. The van der Waals surface area contributed by atoms with Crippen molar-refractivity contribution in [3.63, 3.8) is 0 Å². The molecule has 2 rings (SSSR count). The molecule has 0 bridgehead atoms. The van der Waals surface area contributed by atoms with Crippen LogP contribution in [0.15, 0.2) is 29.0 Å². The SMILES string of the molecule is Cc1cnc(C(N)c2c(F)ccc(Br)c2F)cn1. The Morgan fingerprint density at radius 1 is 1.22 bits per heavy atom. The number of nitrogens with zero attached hydrogens (tertiary/aromatic N) is 2. The van der Waals surface area contributed by atoms with Gasteiger partial charge in [0, 0.05) is 11.8 Å². The van der Waals surface area contributed by atoms with E-state index in [-0.39, 0.29) is 10.0 Å². The molecule has 94 valence electrons. The zero-order chi connectivity index (χ0) is 13.3. The average molecular weight is 314 g/mol. The highest BCUT2D eigenvalue weighted by molar-refractivity contribution is 9.10. The Labute approximate surface area is 111 Å². The third-order valence-corrected chi connectivity index (χ3v) is 3.12. The molecule has 3 nitrogen and oxygen atoms in total. The lowest BCUT2D eigenvalue weighted by Gasteiger charge is -2.14. The topological polar surface area (TPSA) is 51.8 Å². The molecule has 18 heavy (non-hydrogen) atoms. The van der Waals surface area contributed by atoms with E-state index in [1.165, 1.54) is 18.5 Å². The minimum absolute atomic E-state index is 0.162. The van der Waals surface area contributed by atoms with Crippen molar-refractivity contribution in [2.24, 2.45) is 5.73 Å². The van der Waals surface area contributed by atoms with Gasteiger partial charge in [0.1, 0.15) is 11.6 Å². The first-order valence-corrected chi connectivity index (χ1v) is 5.97. The Balaban J connectivity index is 2.49. The van der Waals surface area contributed by atoms with Gasteiger partial charge in [-0.05, 0) is 35.0 Å². The molecule has 1 aromatic carbocycles. The van der Waals surface area contributed by atoms with E-state index in [4.69, 9.17) is 5.73 Å². The van der Waals surface area contributed by atoms with Gasteiger partial charge < -0.3 is 5.73 Å². The largest absolute Gasteiger partial charge is 0.319 e. The molecule has 0 amide bonds. The number of aromatic nitrogens is 2. The van der Waals surface area contributed by atoms with E-state index in [1.807, 2.05) is 0 Å². The van der Waals surface area contributed by atoms with E-state index in [0.717, 1.165) is 6.07 Å². The fourth-order valence-electron chi connectivity index (χ4n) is 1.54. The second-order valence-electron chi connectivity index (χ2n) is 3.82. The highest BCUT2D eigenvalue weighted by Crippen LogP contribution is 2.28. The van der Waals surface area contributed by atoms with Crippen LogP contribution < -0.4 is 5.73 Å². The van der Waals surface area contributed by atoms with Crippen LogP contribution in [0.1, 0.15) is 23.0 Å². The fraction of sp³-hybridized carbons (Fsp3) is 0.167. The van der Waals surface area contributed by atoms with E-state index in [2.05, 4.69) is 25.9 Å². The van der Waals surface area contributed by atoms with Crippen molar-refractivity contribution in [2.75, 3.05) is 0 Å². The molecule has 6 heteroatoms. The van der Waals surface area contributed by atoms with Crippen LogP contribution in [0.5, 0.6) is 0 Å². The van der Waals surface area contributed by atoms with Gasteiger partial charge in [0.15, 0.2) is 0 Å². The van der Waals surface area contributed by atoms with Gasteiger partial charge in [-0.15, -0.1) is 0 Å². The number of rotatable bonds is 2. The summed E-state index contributed by atoms with van der Waals surface area (Å²) in [6.07, 6.45) is 2.92. The average Bonchev–Trinajstić information content (AvgIpc) is 2.35. The van der Waals surface area contributed by atoms with Crippen LogP contribution in [0.3, 0.4) is 0 Å². The Morgan fingerprint density at radius 2 is 1.94 bits per heavy atom. The minimum Gasteiger partial charge on any atom is -0.319 e. The van der Waals surface area contributed by atoms with Gasteiger partial charge in [0.25, 0.3) is 0 Å². The molecule has 1 atom stereocenters. The Bertz CT molecular complexity index is 572. The van der Waals surface area contributed by atoms with Crippen molar-refractivity contribution < 1.29 is 8.78 Å². The molecule has 1 unspecified atom stereocenters. The summed E-state index contributed by atoms with van der Waals surface area (Å²) < 4.78 is 27.7. The third kappa shape index (κ3) is 2.39. The minimum atomic E-state index is -0.990. The van der Waals surface area contributed by atoms with Crippen LogP contribution in [0.25, 0.3) is 0 Å². The van der Waals surface area contributed by atoms with Gasteiger partial charge >= 0.3 is 0 Å². The first-order valence-electron chi connectivity index (χ1n) is 5.18. The van der Waals surface area contributed by atoms with E-state index in [1.54, 1.807) is 6.92 Å². The maximum atomic E-state index is 13.9. The molecule has 1 heterocycles. The number of hydrogen-bond donors (Lipinski definition) is 1. The van der Waals surface area contributed by atoms with Gasteiger partial charge in [-0.25, -0.2) is 8.78 Å². The Morgan fingerprint density at radius 3 is 2.56 bits per heavy atom. The van der Waals surface area contributed by atoms with Gasteiger partial charge in [-0.1, -0.05) is 0 Å². The summed E-state index contributed by atoms with van der Waals surface area (Å²) in [5, 5.41) is 0. The van der Waals surface area contributed by atoms with Crippen LogP contribution in [-0.2, 0) is 0 Å². The molecule has 0 saturated carbocycles. The smallest absolute Gasteiger partial charge is 0.145 e. The van der Waals surface area contributed by atoms with Gasteiger partial charge in [0.2, 0.25) is 0 Å². The number of halogens is 3. The molecule has 0 spiro atoms. The summed E-state index contributed by atoms with van der Waals surface area (Å²) in [5.74, 6) is -1.42. The lowest BCUT2D eigenvalue weighted by atomic mass is 10.0. The zero-order valence-corrected chi connectivity index (χ0v) is 11.1. The summed E-state index contributed by atoms with van der Waals surface area (Å²) >= 11 is 3.00. The monoisotopic (exact) mass is 313 g/mol. The molecule has 1 aromatic heterocycles. The highest BCUT2D eigenvalue weighted by atomic mass is 79.9. The summed E-state index contributed by atoms with van der Waals surface area (Å²) in [6.45, 7) is 1.77. The predicted octanol–water partition coefficient (Wildman–Crippen LogP) is 2.87. The van der Waals surface area contributed by atoms with E-state index >= 15 is 0 Å². The van der Waals surface area contributed by atoms with Gasteiger partial charge in [-0.3, -0.25) is 9.97 Å². The first kappa shape index (κ1) is 13.0. The van der Waals surface area contributed by atoms with E-state index in [0.29, 0.717) is 11.4 Å². The number of benzene rings is 1. The lowest BCUT2D eigenvalue weighted by molar-refractivity contribution is 0.536. The second-order valence-corrected chi connectivity index (χ2v) is 4.67. The maximum Gasteiger partial charge on any atom is 0.145 e. The van der Waals surface area contributed by atoms with E-state index < -0.39 is 17.7 Å². The van der Waals surface area contributed by atoms with Crippen molar-refractivity contribution in [1.29, 1.82) is 0 Å². The molecule has 0 radical (unpaired) electrons. The molecule has 0 aliphatic rings. The van der Waals surface area contributed by atoms with Crippen LogP contribution in [-0.4, -0.2) is 9.97 Å². The molecule has 0 aliphatic carbocycles. The van der Waals surface area contributed by atoms with Crippen molar-refractivity contribution in [1.82, 2.24) is 9.97 Å². The summed E-state index contributed by atoms with van der Waals surface area (Å²) in [6, 6.07) is 1.46. The van der Waals surface area contributed by atoms with Crippen LogP contribution >= 0.6 is 15.9 Å². The van der Waals surface area contributed by atoms with Crippen LogP contribution in [0.2, 0.25) is 0 Å². The molecular weight excluding hydrogens is 304 g/mol. The zero-order valence-electron chi connectivity index (χ0n) is 9.49. The standard InChI is InChI=1S/C12H10BrF2N3/c1-6-4-18-9(5-17-6)12(16)10-8(14)3-2-7(13)11(10)15/h2-5,12H,16H2,1H3. The molecule has 0 saturated heterocycles. The highest BCUT2D eigenvalue weighted by Gasteiger charge is 2.21. The van der Waals surface area contributed by atoms with Crippen molar-refractivity contribution in [3.8, 4) is 0 Å². The molecule has 2 aromatic rings. The molecule has 2 N–H and O–H groups in total. The van der Waals surface area contributed by atoms with Gasteiger partial charge in [-0.2, -0.15) is 0 Å². The van der Waals surface area contributed by atoms with Crippen molar-refractivity contribution >= 4 is 15.9 Å². The van der Waals surface area contributed by atoms with Crippen LogP contribution in [0, 0.1) is 18.6 Å². The normalized spacial score (nSPS) is 12.5. The number of nitrogens with two attached hydrogens (primary N) is 1. The number of hydrogen-bond acceptors (Lipinski definition) is 3. The maximum absolute atomic E-state index is 13.9. The quantitative estimate of drug-likeness (QED) is 0.867. The van der Waals surface area contributed by atoms with Gasteiger partial charge in [0.05, 0.1) is 28.1 Å². The summed E-state index contributed by atoms with van der Waals surface area (Å²) in [7, 11) is 0. The van der Waals surface area contributed by atoms with Crippen LogP contribution in [0.4, 0.5) is 8.78 Å². The third-order valence-electron chi connectivity index (χ3n) is 2.51. The molecular formula is C12H10BrF2N3. The first-order chi connectivity index (χ1) is 8.50. The second kappa shape index (κ2) is 5.07. The Kier molecular flexibility index (Phi) is 3.68. The molecule has 0 aliphatic heterocycles. The van der Waals surface area contributed by atoms with E-state index in [9.17, 15) is 8.78 Å². The predicted molar refractivity (Wildman–Crippen MR) is 66.9 cm³/mol. The molecule has 0 fully saturated rings. The Hall–Kier alpha value is -1.40. The summed E-state index contributed by atoms with van der Waals surface area (Å²) in [5.41, 5.74) is 6.64. The summed E-state index contributed by atoms with van der Waals surface area (Å²) in [4.78, 5) is 8.04. The van der Waals surface area contributed by atoms with Crippen molar-refractivity contribution in [3.05, 3.63) is 57.6 Å². The van der Waals surface area contributed by atoms with Crippen molar-refractivity contribution in [2.45, 2.75) is 13.0 Å². The lowest BCUT2D eigenvalue weighted by Crippen LogP contribution is -2.17. The number of aryl methyl sites for hydroxylation is 1.